The summed E-state index contributed by atoms with van der Waals surface area (Å²) in [6.45, 7) is 2.85. The average molecular weight is 295 g/mol. The lowest BCUT2D eigenvalue weighted by molar-refractivity contribution is -0.140. The van der Waals surface area contributed by atoms with Crippen LogP contribution in [0.2, 0.25) is 0 Å². The van der Waals surface area contributed by atoms with E-state index in [1.54, 1.807) is 18.2 Å². The minimum Gasteiger partial charge on any atom is -0.353 e. The summed E-state index contributed by atoms with van der Waals surface area (Å²) in [6.07, 6.45) is 4.03. The zero-order valence-corrected chi connectivity index (χ0v) is 12.1. The second-order valence-corrected chi connectivity index (χ2v) is 6.04. The van der Waals surface area contributed by atoms with Crippen molar-refractivity contribution < 1.29 is 9.59 Å². The summed E-state index contributed by atoms with van der Waals surface area (Å²) in [5, 5.41) is 11.5. The molecule has 20 heavy (non-hydrogen) atoms. The molecule has 2 amide bonds. The quantitative estimate of drug-likeness (QED) is 0.794. The highest BCUT2D eigenvalue weighted by atomic mass is 32.2. The molecule has 1 N–H and O–H groups in total. The first-order valence-electron chi connectivity index (χ1n) is 6.76. The van der Waals surface area contributed by atoms with Gasteiger partial charge in [-0.05, 0) is 19.8 Å². The Labute approximate surface area is 121 Å². The molecule has 1 aliphatic carbocycles. The fraction of sp³-hybridized carbons (Fsp3) is 0.667. The van der Waals surface area contributed by atoms with Crippen LogP contribution in [0.1, 0.15) is 25.8 Å². The number of hydrogen-bond acceptors (Lipinski definition) is 5. The molecule has 3 rings (SSSR count). The summed E-state index contributed by atoms with van der Waals surface area (Å²) in [5.74, 6) is 0.182. The van der Waals surface area contributed by atoms with Crippen LogP contribution in [0.15, 0.2) is 11.5 Å². The number of nitrogens with one attached hydrogen (secondary N) is 1. The number of carbonyl (C=O) groups excluding carboxylic acids is 2. The van der Waals surface area contributed by atoms with Crippen molar-refractivity contribution >= 4 is 23.6 Å². The Bertz CT molecular complexity index is 528. The second kappa shape index (κ2) is 5.43. The van der Waals surface area contributed by atoms with Crippen molar-refractivity contribution in [2.45, 2.75) is 37.0 Å². The van der Waals surface area contributed by atoms with Gasteiger partial charge in [-0.3, -0.25) is 9.59 Å². The summed E-state index contributed by atoms with van der Waals surface area (Å²) in [7, 11) is 0. The van der Waals surface area contributed by atoms with Crippen LogP contribution >= 0.6 is 11.8 Å². The van der Waals surface area contributed by atoms with Gasteiger partial charge in [-0.25, -0.2) is 0 Å². The molecule has 1 saturated carbocycles. The summed E-state index contributed by atoms with van der Waals surface area (Å²) in [5.41, 5.74) is 0. The van der Waals surface area contributed by atoms with E-state index in [1.165, 1.54) is 11.8 Å². The number of piperazine rings is 1. The maximum atomic E-state index is 12.2. The first-order valence-corrected chi connectivity index (χ1v) is 7.75. The Hall–Kier alpha value is -1.57. The third kappa shape index (κ3) is 2.65. The van der Waals surface area contributed by atoms with E-state index in [0.717, 1.165) is 18.0 Å². The normalized spacial score (nSPS) is 22.8. The smallest absolute Gasteiger partial charge is 0.242 e. The maximum absolute atomic E-state index is 12.2. The third-order valence-corrected chi connectivity index (χ3v) is 4.57. The van der Waals surface area contributed by atoms with E-state index in [0.29, 0.717) is 24.9 Å². The molecule has 0 aromatic carbocycles. The monoisotopic (exact) mass is 295 g/mol. The molecule has 1 unspecified atom stereocenters. The molecule has 0 spiro atoms. The molecular formula is C12H17N5O2S. The van der Waals surface area contributed by atoms with Crippen molar-refractivity contribution in [3.05, 3.63) is 6.33 Å². The van der Waals surface area contributed by atoms with Gasteiger partial charge >= 0.3 is 0 Å². The molecule has 8 heteroatoms. The molecule has 0 bridgehead atoms. The second-order valence-electron chi connectivity index (χ2n) is 5.09. The fourth-order valence-corrected chi connectivity index (χ4v) is 3.14. The van der Waals surface area contributed by atoms with E-state index in [1.807, 2.05) is 4.57 Å². The predicted octanol–water partition coefficient (Wildman–Crippen LogP) is 0.0520. The molecule has 1 aromatic heterocycles. The predicted molar refractivity (Wildman–Crippen MR) is 73.2 cm³/mol. The molecule has 0 radical (unpaired) electrons. The molecule has 1 aliphatic heterocycles. The van der Waals surface area contributed by atoms with E-state index in [2.05, 4.69) is 15.5 Å². The minimum atomic E-state index is -0.391. The van der Waals surface area contributed by atoms with Crippen molar-refractivity contribution in [3.63, 3.8) is 0 Å². The molecule has 2 aliphatic rings. The molecule has 2 fully saturated rings. The number of thioether (sulfide) groups is 1. The van der Waals surface area contributed by atoms with Gasteiger partial charge in [0, 0.05) is 19.1 Å². The van der Waals surface area contributed by atoms with E-state index in [4.69, 9.17) is 0 Å². The Balaban J connectivity index is 1.58. The minimum absolute atomic E-state index is 0.0253. The lowest BCUT2D eigenvalue weighted by Gasteiger charge is -2.32. The van der Waals surface area contributed by atoms with Crippen molar-refractivity contribution in [3.8, 4) is 0 Å². The first kappa shape index (κ1) is 13.4. The zero-order chi connectivity index (χ0) is 14.1. The van der Waals surface area contributed by atoms with Gasteiger partial charge in [0.15, 0.2) is 5.16 Å². The number of rotatable bonds is 4. The highest BCUT2D eigenvalue weighted by molar-refractivity contribution is 7.99. The van der Waals surface area contributed by atoms with Gasteiger partial charge in [-0.2, -0.15) is 0 Å². The Morgan fingerprint density at radius 2 is 2.35 bits per heavy atom. The topological polar surface area (TPSA) is 80.1 Å². The van der Waals surface area contributed by atoms with Crippen LogP contribution in [0.5, 0.6) is 0 Å². The molecule has 1 saturated heterocycles. The summed E-state index contributed by atoms with van der Waals surface area (Å²) >= 11 is 1.39. The summed E-state index contributed by atoms with van der Waals surface area (Å²) in [4.78, 5) is 25.4. The van der Waals surface area contributed by atoms with Crippen LogP contribution < -0.4 is 5.32 Å². The van der Waals surface area contributed by atoms with Crippen LogP contribution in [0.25, 0.3) is 0 Å². The Kier molecular flexibility index (Phi) is 3.64. The summed E-state index contributed by atoms with van der Waals surface area (Å²) in [6, 6.07) is 0.112. The molecule has 1 atom stereocenters. The van der Waals surface area contributed by atoms with E-state index in [9.17, 15) is 9.59 Å². The third-order valence-electron chi connectivity index (χ3n) is 3.62. The van der Waals surface area contributed by atoms with Crippen molar-refractivity contribution in [2.75, 3.05) is 18.8 Å². The lowest BCUT2D eigenvalue weighted by Crippen LogP contribution is -2.56. The van der Waals surface area contributed by atoms with Crippen molar-refractivity contribution in [1.29, 1.82) is 0 Å². The van der Waals surface area contributed by atoms with Gasteiger partial charge in [0.05, 0.1) is 5.75 Å². The standard InChI is InChI=1S/C12H17N5O2S/c1-8-11(19)13-4-5-16(8)10(18)6-20-12-15-14-7-17(12)9-2-3-9/h7-9H,2-6H2,1H3,(H,13,19). The Morgan fingerprint density at radius 1 is 1.55 bits per heavy atom. The average Bonchev–Trinajstić information content (AvgIpc) is 3.18. The molecule has 1 aromatic rings. The number of aromatic nitrogens is 3. The molecule has 108 valence electrons. The van der Waals surface area contributed by atoms with Gasteiger partial charge in [-0.15, -0.1) is 10.2 Å². The van der Waals surface area contributed by atoms with Crippen LogP contribution in [0.3, 0.4) is 0 Å². The van der Waals surface area contributed by atoms with Crippen LogP contribution in [-0.4, -0.2) is 56.4 Å². The van der Waals surface area contributed by atoms with Gasteiger partial charge in [-0.1, -0.05) is 11.8 Å². The summed E-state index contributed by atoms with van der Waals surface area (Å²) < 4.78 is 2.03. The van der Waals surface area contributed by atoms with Gasteiger partial charge in [0.1, 0.15) is 12.4 Å². The number of carbonyl (C=O) groups is 2. The molecule has 7 nitrogen and oxygen atoms in total. The Morgan fingerprint density at radius 3 is 3.10 bits per heavy atom. The highest BCUT2D eigenvalue weighted by Crippen LogP contribution is 2.37. The maximum Gasteiger partial charge on any atom is 0.242 e. The van der Waals surface area contributed by atoms with Gasteiger partial charge in [0.2, 0.25) is 11.8 Å². The number of amides is 2. The van der Waals surface area contributed by atoms with E-state index in [-0.39, 0.29) is 11.8 Å². The van der Waals surface area contributed by atoms with Crippen LogP contribution in [-0.2, 0) is 9.59 Å². The lowest BCUT2D eigenvalue weighted by atomic mass is 10.2. The highest BCUT2D eigenvalue weighted by Gasteiger charge is 2.30. The number of nitrogens with zero attached hydrogens (tertiary/aromatic N) is 4. The fourth-order valence-electron chi connectivity index (χ4n) is 2.27. The largest absolute Gasteiger partial charge is 0.353 e. The SMILES string of the molecule is CC1C(=O)NCCN1C(=O)CSc1nncn1C1CC1. The zero-order valence-electron chi connectivity index (χ0n) is 11.3. The molecular weight excluding hydrogens is 278 g/mol. The van der Waals surface area contributed by atoms with Gasteiger partial charge in [0.25, 0.3) is 0 Å². The van der Waals surface area contributed by atoms with E-state index < -0.39 is 6.04 Å². The molecule has 2 heterocycles. The van der Waals surface area contributed by atoms with Crippen LogP contribution in [0.4, 0.5) is 0 Å². The van der Waals surface area contributed by atoms with E-state index >= 15 is 0 Å². The number of hydrogen-bond donors (Lipinski definition) is 1. The first-order chi connectivity index (χ1) is 9.66. The van der Waals surface area contributed by atoms with Gasteiger partial charge < -0.3 is 14.8 Å². The van der Waals surface area contributed by atoms with Crippen molar-refractivity contribution in [2.24, 2.45) is 0 Å². The van der Waals surface area contributed by atoms with Crippen molar-refractivity contribution in [1.82, 2.24) is 25.0 Å². The van der Waals surface area contributed by atoms with Crippen LogP contribution in [0, 0.1) is 0 Å².